The molecule has 0 saturated carbocycles. The SMILES string of the molecule is O=C(O)CCS(=O)(=O)CCc1cccnc1. The van der Waals surface area contributed by atoms with Gasteiger partial charge >= 0.3 is 5.97 Å². The summed E-state index contributed by atoms with van der Waals surface area (Å²) in [6.07, 6.45) is 3.25. The van der Waals surface area contributed by atoms with Gasteiger partial charge in [0, 0.05) is 12.4 Å². The van der Waals surface area contributed by atoms with E-state index < -0.39 is 15.8 Å². The Kier molecular flexibility index (Phi) is 4.42. The first kappa shape index (κ1) is 12.6. The lowest BCUT2D eigenvalue weighted by molar-refractivity contribution is -0.136. The molecule has 5 nitrogen and oxygen atoms in total. The minimum absolute atomic E-state index is 0.0357. The van der Waals surface area contributed by atoms with Crippen molar-refractivity contribution in [2.75, 3.05) is 11.5 Å². The summed E-state index contributed by atoms with van der Waals surface area (Å²) in [6, 6.07) is 3.53. The topological polar surface area (TPSA) is 84.3 Å². The molecule has 1 N–H and O–H groups in total. The summed E-state index contributed by atoms with van der Waals surface area (Å²) in [5.74, 6) is -1.43. The molecule has 0 aliphatic heterocycles. The van der Waals surface area contributed by atoms with Crippen LogP contribution in [-0.2, 0) is 21.1 Å². The third-order valence-electron chi connectivity index (χ3n) is 2.05. The zero-order valence-corrected chi connectivity index (χ0v) is 9.48. The van der Waals surface area contributed by atoms with Gasteiger partial charge < -0.3 is 5.11 Å². The smallest absolute Gasteiger partial charge is 0.304 e. The van der Waals surface area contributed by atoms with Crippen LogP contribution in [0.3, 0.4) is 0 Å². The van der Waals surface area contributed by atoms with E-state index in [2.05, 4.69) is 4.98 Å². The van der Waals surface area contributed by atoms with Gasteiger partial charge in [0.2, 0.25) is 0 Å². The molecule has 0 spiro atoms. The molecule has 0 amide bonds. The number of rotatable bonds is 6. The first-order chi connectivity index (χ1) is 7.49. The first-order valence-electron chi connectivity index (χ1n) is 4.81. The van der Waals surface area contributed by atoms with E-state index in [0.717, 1.165) is 5.56 Å². The van der Waals surface area contributed by atoms with Gasteiger partial charge in [-0.25, -0.2) is 8.42 Å². The number of pyridine rings is 1. The molecule has 1 heterocycles. The van der Waals surface area contributed by atoms with Gasteiger partial charge in [0.15, 0.2) is 9.84 Å². The molecule has 0 bridgehead atoms. The van der Waals surface area contributed by atoms with Gasteiger partial charge in [0.1, 0.15) is 0 Å². The molecule has 1 aromatic rings. The molecule has 0 unspecified atom stereocenters. The van der Waals surface area contributed by atoms with E-state index in [1.807, 2.05) is 0 Å². The van der Waals surface area contributed by atoms with Crippen LogP contribution in [-0.4, -0.2) is 36.0 Å². The second-order valence-corrected chi connectivity index (χ2v) is 5.71. The number of aryl methyl sites for hydroxylation is 1. The normalized spacial score (nSPS) is 11.2. The molecule has 88 valence electrons. The molecule has 1 aromatic heterocycles. The van der Waals surface area contributed by atoms with Crippen molar-refractivity contribution in [3.8, 4) is 0 Å². The number of aliphatic carboxylic acids is 1. The molecule has 0 radical (unpaired) electrons. The lowest BCUT2D eigenvalue weighted by Crippen LogP contribution is -2.15. The van der Waals surface area contributed by atoms with Crippen molar-refractivity contribution in [2.24, 2.45) is 0 Å². The Labute approximate surface area is 94.1 Å². The molecular formula is C10H13NO4S. The number of carbonyl (C=O) groups is 1. The van der Waals surface area contributed by atoms with Crippen LogP contribution in [0.4, 0.5) is 0 Å². The molecule has 6 heteroatoms. The zero-order valence-electron chi connectivity index (χ0n) is 8.67. The Morgan fingerprint density at radius 3 is 2.69 bits per heavy atom. The van der Waals surface area contributed by atoms with Crippen molar-refractivity contribution in [1.29, 1.82) is 0 Å². The summed E-state index contributed by atoms with van der Waals surface area (Å²) in [4.78, 5) is 14.1. The number of carboxylic acid groups (broad SMARTS) is 1. The summed E-state index contributed by atoms with van der Waals surface area (Å²) in [7, 11) is -3.28. The fraction of sp³-hybridized carbons (Fsp3) is 0.400. The van der Waals surface area contributed by atoms with Crippen molar-refractivity contribution in [1.82, 2.24) is 4.98 Å². The standard InChI is InChI=1S/C10H13NO4S/c12-10(13)4-7-16(14,15)6-3-9-2-1-5-11-8-9/h1-2,5,8H,3-4,6-7H2,(H,12,13). The maximum absolute atomic E-state index is 11.4. The van der Waals surface area contributed by atoms with Gasteiger partial charge in [-0.1, -0.05) is 6.07 Å². The second-order valence-electron chi connectivity index (χ2n) is 3.41. The highest BCUT2D eigenvalue weighted by Gasteiger charge is 2.13. The third kappa shape index (κ3) is 4.88. The summed E-state index contributed by atoms with van der Waals surface area (Å²) in [5.41, 5.74) is 0.835. The summed E-state index contributed by atoms with van der Waals surface area (Å²) in [6.45, 7) is 0. The Bertz CT molecular complexity index is 441. The number of hydrogen-bond acceptors (Lipinski definition) is 4. The quantitative estimate of drug-likeness (QED) is 0.787. The molecule has 0 atom stereocenters. The lowest BCUT2D eigenvalue weighted by Gasteiger charge is -2.02. The monoisotopic (exact) mass is 243 g/mol. The first-order valence-corrected chi connectivity index (χ1v) is 6.63. The summed E-state index contributed by atoms with van der Waals surface area (Å²) < 4.78 is 22.8. The van der Waals surface area contributed by atoms with Gasteiger partial charge in [-0.3, -0.25) is 9.78 Å². The second kappa shape index (κ2) is 5.60. The van der Waals surface area contributed by atoms with Gasteiger partial charge in [-0.15, -0.1) is 0 Å². The Hall–Kier alpha value is -1.43. The van der Waals surface area contributed by atoms with Crippen molar-refractivity contribution >= 4 is 15.8 Å². The maximum Gasteiger partial charge on any atom is 0.304 e. The fourth-order valence-corrected chi connectivity index (χ4v) is 2.40. The van der Waals surface area contributed by atoms with Gasteiger partial charge in [-0.05, 0) is 18.1 Å². The van der Waals surface area contributed by atoms with E-state index in [9.17, 15) is 13.2 Å². The van der Waals surface area contributed by atoms with Crippen molar-refractivity contribution in [3.63, 3.8) is 0 Å². The third-order valence-corrected chi connectivity index (χ3v) is 3.70. The molecule has 0 fully saturated rings. The average Bonchev–Trinajstić information content (AvgIpc) is 2.26. The van der Waals surface area contributed by atoms with Gasteiger partial charge in [-0.2, -0.15) is 0 Å². The minimum atomic E-state index is -3.28. The molecule has 16 heavy (non-hydrogen) atoms. The number of nitrogens with zero attached hydrogens (tertiary/aromatic N) is 1. The largest absolute Gasteiger partial charge is 0.481 e. The number of hydrogen-bond donors (Lipinski definition) is 1. The van der Waals surface area contributed by atoms with Crippen LogP contribution in [0, 0.1) is 0 Å². The van der Waals surface area contributed by atoms with Crippen molar-refractivity contribution in [2.45, 2.75) is 12.8 Å². The number of aromatic nitrogens is 1. The molecule has 0 aliphatic rings. The predicted octanol–water partition coefficient (Wildman–Crippen LogP) is 0.514. The van der Waals surface area contributed by atoms with Crippen LogP contribution in [0.25, 0.3) is 0 Å². The lowest BCUT2D eigenvalue weighted by atomic mass is 10.2. The van der Waals surface area contributed by atoms with Gasteiger partial charge in [0.25, 0.3) is 0 Å². The van der Waals surface area contributed by atoms with E-state index >= 15 is 0 Å². The average molecular weight is 243 g/mol. The van der Waals surface area contributed by atoms with E-state index in [1.165, 1.54) is 0 Å². The van der Waals surface area contributed by atoms with Crippen molar-refractivity contribution < 1.29 is 18.3 Å². The van der Waals surface area contributed by atoms with Crippen LogP contribution < -0.4 is 0 Å². The number of sulfone groups is 1. The summed E-state index contributed by atoms with van der Waals surface area (Å²) in [5, 5.41) is 8.39. The maximum atomic E-state index is 11.4. The van der Waals surface area contributed by atoms with Crippen LogP contribution in [0.1, 0.15) is 12.0 Å². The van der Waals surface area contributed by atoms with Crippen LogP contribution in [0.5, 0.6) is 0 Å². The van der Waals surface area contributed by atoms with Crippen LogP contribution in [0.15, 0.2) is 24.5 Å². The molecular weight excluding hydrogens is 230 g/mol. The van der Waals surface area contributed by atoms with E-state index in [0.29, 0.717) is 6.42 Å². The van der Waals surface area contributed by atoms with Crippen LogP contribution >= 0.6 is 0 Å². The number of carboxylic acids is 1. The van der Waals surface area contributed by atoms with Crippen molar-refractivity contribution in [3.05, 3.63) is 30.1 Å². The fourth-order valence-electron chi connectivity index (χ4n) is 1.16. The minimum Gasteiger partial charge on any atom is -0.481 e. The Balaban J connectivity index is 2.45. The molecule has 0 saturated heterocycles. The zero-order chi connectivity index (χ0) is 12.0. The van der Waals surface area contributed by atoms with Crippen LogP contribution in [0.2, 0.25) is 0 Å². The molecule has 1 rings (SSSR count). The highest BCUT2D eigenvalue weighted by Crippen LogP contribution is 2.02. The summed E-state index contributed by atoms with van der Waals surface area (Å²) >= 11 is 0. The van der Waals surface area contributed by atoms with E-state index in [4.69, 9.17) is 5.11 Å². The molecule has 0 aliphatic carbocycles. The highest BCUT2D eigenvalue weighted by atomic mass is 32.2. The Morgan fingerprint density at radius 1 is 1.38 bits per heavy atom. The molecule has 0 aromatic carbocycles. The highest BCUT2D eigenvalue weighted by molar-refractivity contribution is 7.91. The van der Waals surface area contributed by atoms with E-state index in [1.54, 1.807) is 24.5 Å². The Morgan fingerprint density at radius 2 is 2.12 bits per heavy atom. The van der Waals surface area contributed by atoms with E-state index in [-0.39, 0.29) is 17.9 Å². The predicted molar refractivity (Wildman–Crippen MR) is 58.8 cm³/mol. The van der Waals surface area contributed by atoms with Gasteiger partial charge in [0.05, 0.1) is 17.9 Å².